The van der Waals surface area contributed by atoms with Crippen LogP contribution in [-0.2, 0) is 4.79 Å². The molecule has 1 amide bonds. The van der Waals surface area contributed by atoms with Crippen molar-refractivity contribution in [1.29, 1.82) is 0 Å². The maximum absolute atomic E-state index is 10.7. The highest BCUT2D eigenvalue weighted by Gasteiger charge is 2.22. The van der Waals surface area contributed by atoms with Gasteiger partial charge in [-0.05, 0) is 49.6 Å². The number of hydrogen-bond donors (Lipinski definition) is 2. The number of aliphatic hydroxyl groups is 1. The van der Waals surface area contributed by atoms with Crippen LogP contribution in [0.2, 0.25) is 5.02 Å². The molecular weight excluding hydrogens is 485 g/mol. The zero-order valence-corrected chi connectivity index (χ0v) is 21.9. The minimum Gasteiger partial charge on any atom is -0.488 e. The fourth-order valence-corrected chi connectivity index (χ4v) is 4.18. The van der Waals surface area contributed by atoms with E-state index in [1.54, 1.807) is 12.4 Å². The van der Waals surface area contributed by atoms with E-state index in [0.29, 0.717) is 36.2 Å². The maximum atomic E-state index is 10.7. The Labute approximate surface area is 213 Å². The number of fused-ring (bicyclic) bond motifs is 1. The molecule has 4 rings (SSSR count). The van der Waals surface area contributed by atoms with E-state index in [1.165, 1.54) is 0 Å². The number of nitrogens with zero attached hydrogens (tertiary/aromatic N) is 4. The molecule has 0 saturated heterocycles. The molecule has 3 aromatic rings. The van der Waals surface area contributed by atoms with Crippen LogP contribution in [0, 0.1) is 0 Å². The van der Waals surface area contributed by atoms with Crippen LogP contribution in [0.15, 0.2) is 48.8 Å². The Hall–Kier alpha value is -2.77. The number of carbonyl (C=O) groups excluding carboxylic acids is 1. The van der Waals surface area contributed by atoms with Gasteiger partial charge in [0.05, 0.1) is 30.7 Å². The molecule has 0 spiro atoms. The monoisotopic (exact) mass is 515 g/mol. The van der Waals surface area contributed by atoms with Crippen molar-refractivity contribution in [2.45, 2.75) is 13.3 Å². The van der Waals surface area contributed by atoms with Gasteiger partial charge in [-0.3, -0.25) is 9.78 Å². The van der Waals surface area contributed by atoms with Gasteiger partial charge in [-0.2, -0.15) is 0 Å². The van der Waals surface area contributed by atoms with Crippen LogP contribution in [0.4, 0.5) is 17.2 Å². The third-order valence-electron chi connectivity index (χ3n) is 5.35. The minimum atomic E-state index is 0.274. The lowest BCUT2D eigenvalue weighted by atomic mass is 10.1. The second-order valence-corrected chi connectivity index (χ2v) is 9.02. The average Bonchev–Trinajstić information content (AvgIpc) is 2.86. The first-order valence-electron chi connectivity index (χ1n) is 11.4. The number of pyridine rings is 2. The van der Waals surface area contributed by atoms with Crippen LogP contribution in [-0.4, -0.2) is 66.3 Å². The van der Waals surface area contributed by atoms with Crippen LogP contribution in [0.25, 0.3) is 11.3 Å². The van der Waals surface area contributed by atoms with Crippen molar-refractivity contribution < 1.29 is 14.6 Å². The third-order valence-corrected chi connectivity index (χ3v) is 6.09. The minimum absolute atomic E-state index is 0.274. The quantitative estimate of drug-likeness (QED) is 0.349. The maximum Gasteiger partial charge on any atom is 0.212 e. The van der Waals surface area contributed by atoms with Gasteiger partial charge in [0.25, 0.3) is 0 Å². The number of nitrogens with one attached hydrogen (secondary N) is 1. The number of ether oxygens (including phenoxy) is 1. The number of anilines is 3. The second kappa shape index (κ2) is 13.4. The van der Waals surface area contributed by atoms with E-state index < -0.39 is 0 Å². The molecule has 2 aromatic heterocycles. The zero-order chi connectivity index (χ0) is 25.2. The molecule has 10 heteroatoms. The first kappa shape index (κ1) is 26.8. The lowest BCUT2D eigenvalue weighted by Crippen LogP contribution is -2.29. The highest BCUT2D eigenvalue weighted by molar-refractivity contribution is 7.28. The Bertz CT molecular complexity index is 1130. The molecule has 186 valence electrons. The third kappa shape index (κ3) is 7.36. The molecule has 3 heterocycles. The van der Waals surface area contributed by atoms with E-state index in [2.05, 4.69) is 41.2 Å². The fraction of sp³-hybridized carbons (Fsp3) is 0.320. The Morgan fingerprint density at radius 1 is 1.26 bits per heavy atom. The Balaban J connectivity index is 0.000000371. The summed E-state index contributed by atoms with van der Waals surface area (Å²) in [6.07, 6.45) is 5.17. The van der Waals surface area contributed by atoms with E-state index in [9.17, 15) is 4.79 Å². The summed E-state index contributed by atoms with van der Waals surface area (Å²) >= 11 is 6.17. The summed E-state index contributed by atoms with van der Waals surface area (Å²) in [6, 6.07) is 11.4. The Kier molecular flexibility index (Phi) is 10.2. The number of benzene rings is 1. The highest BCUT2D eigenvalue weighted by atomic mass is 35.5. The standard InChI is InChI=1S/C19H16ClN4O2P.C6H15NO/c20-12-1-2-18(27)14(7-12)15-9-16-17(10-22-15)26-6-5-24(16)13-3-4-21-19(8-13)23-11-25;1-3-4-7(2)5-6-8/h1-4,7-11H,5-6,27H2,(H,21,23,25);8H,3-6H2,1-2H3. The summed E-state index contributed by atoms with van der Waals surface area (Å²) in [7, 11) is 4.72. The van der Waals surface area contributed by atoms with Gasteiger partial charge in [0.15, 0.2) is 5.75 Å². The van der Waals surface area contributed by atoms with Gasteiger partial charge in [0, 0.05) is 35.1 Å². The summed E-state index contributed by atoms with van der Waals surface area (Å²) in [4.78, 5) is 23.6. The van der Waals surface area contributed by atoms with E-state index >= 15 is 0 Å². The smallest absolute Gasteiger partial charge is 0.212 e. The number of likely N-dealkylation sites (N-methyl/N-ethyl adjacent to an activating group) is 1. The van der Waals surface area contributed by atoms with Crippen LogP contribution in [0.3, 0.4) is 0 Å². The molecule has 1 aromatic carbocycles. The molecule has 0 radical (unpaired) electrons. The number of aliphatic hydroxyl groups excluding tert-OH is 1. The zero-order valence-electron chi connectivity index (χ0n) is 19.9. The van der Waals surface area contributed by atoms with Gasteiger partial charge >= 0.3 is 0 Å². The Morgan fingerprint density at radius 3 is 2.83 bits per heavy atom. The van der Waals surface area contributed by atoms with Crippen molar-refractivity contribution in [3.05, 3.63) is 53.8 Å². The van der Waals surface area contributed by atoms with Crippen molar-refractivity contribution in [1.82, 2.24) is 14.9 Å². The van der Waals surface area contributed by atoms with Crippen molar-refractivity contribution in [2.75, 3.05) is 50.1 Å². The number of carbonyl (C=O) groups is 1. The van der Waals surface area contributed by atoms with Crippen molar-refractivity contribution in [3.8, 4) is 17.0 Å². The molecule has 35 heavy (non-hydrogen) atoms. The van der Waals surface area contributed by atoms with E-state index in [0.717, 1.165) is 47.4 Å². The van der Waals surface area contributed by atoms with Crippen LogP contribution < -0.4 is 20.3 Å². The molecule has 2 N–H and O–H groups in total. The molecule has 1 aliphatic heterocycles. The second-order valence-electron chi connectivity index (χ2n) is 7.96. The first-order chi connectivity index (χ1) is 17.0. The fourth-order valence-electron chi connectivity index (χ4n) is 3.68. The average molecular weight is 516 g/mol. The van der Waals surface area contributed by atoms with Crippen LogP contribution in [0.5, 0.6) is 5.75 Å². The number of hydrogen-bond acceptors (Lipinski definition) is 7. The largest absolute Gasteiger partial charge is 0.488 e. The predicted molar refractivity (Wildman–Crippen MR) is 145 cm³/mol. The van der Waals surface area contributed by atoms with Crippen molar-refractivity contribution in [3.63, 3.8) is 0 Å². The van der Waals surface area contributed by atoms with E-state index in [1.807, 2.05) is 43.4 Å². The van der Waals surface area contributed by atoms with Gasteiger partial charge in [0.1, 0.15) is 12.4 Å². The molecule has 0 bridgehead atoms. The Morgan fingerprint density at radius 2 is 2.09 bits per heavy atom. The summed E-state index contributed by atoms with van der Waals surface area (Å²) in [5.74, 6) is 1.20. The molecule has 0 fully saturated rings. The molecular formula is C25H31ClN5O3P. The number of amides is 1. The molecule has 8 nitrogen and oxygen atoms in total. The summed E-state index contributed by atoms with van der Waals surface area (Å²) in [6.45, 7) is 5.50. The highest BCUT2D eigenvalue weighted by Crippen LogP contribution is 2.38. The van der Waals surface area contributed by atoms with Gasteiger partial charge < -0.3 is 25.0 Å². The molecule has 0 saturated carbocycles. The summed E-state index contributed by atoms with van der Waals surface area (Å²) in [5.41, 5.74) is 3.56. The predicted octanol–water partition coefficient (Wildman–Crippen LogP) is 3.72. The number of halogens is 1. The summed E-state index contributed by atoms with van der Waals surface area (Å²) < 4.78 is 5.77. The lowest BCUT2D eigenvalue weighted by Gasteiger charge is -2.31. The molecule has 1 unspecified atom stereocenters. The lowest BCUT2D eigenvalue weighted by molar-refractivity contribution is -0.105. The number of aromatic nitrogens is 2. The van der Waals surface area contributed by atoms with Gasteiger partial charge in [-0.15, -0.1) is 9.24 Å². The topological polar surface area (TPSA) is 90.8 Å². The molecule has 0 aliphatic carbocycles. The first-order valence-corrected chi connectivity index (χ1v) is 12.3. The van der Waals surface area contributed by atoms with Crippen LogP contribution >= 0.6 is 20.8 Å². The number of rotatable bonds is 8. The molecule has 1 aliphatic rings. The van der Waals surface area contributed by atoms with E-state index in [4.69, 9.17) is 21.4 Å². The van der Waals surface area contributed by atoms with Gasteiger partial charge in [0.2, 0.25) is 6.41 Å². The van der Waals surface area contributed by atoms with E-state index in [-0.39, 0.29) is 6.61 Å². The normalized spacial score (nSPS) is 12.3. The van der Waals surface area contributed by atoms with Crippen molar-refractivity contribution >= 4 is 49.7 Å². The SMILES string of the molecule is CCCN(C)CCO.O=CNc1cc(N2CCOc3cnc(-c4cc(Cl)ccc4P)cc32)ccn1. The van der Waals surface area contributed by atoms with Gasteiger partial charge in [-0.25, -0.2) is 4.98 Å². The van der Waals surface area contributed by atoms with Crippen LogP contribution in [0.1, 0.15) is 13.3 Å². The molecule has 1 atom stereocenters. The van der Waals surface area contributed by atoms with Gasteiger partial charge in [-0.1, -0.05) is 24.6 Å². The summed E-state index contributed by atoms with van der Waals surface area (Å²) in [5, 5.41) is 12.7. The van der Waals surface area contributed by atoms with Crippen molar-refractivity contribution in [2.24, 2.45) is 0 Å².